The van der Waals surface area contributed by atoms with Gasteiger partial charge in [0.1, 0.15) is 9.33 Å². The SMILES string of the molecule is CCc1nnc(NC(=O)CCCN2C(=O)/C(=C/c3ccc(C)cc3)SC2=S)s1. The van der Waals surface area contributed by atoms with Crippen molar-refractivity contribution in [3.05, 3.63) is 45.3 Å². The standard InChI is InChI=1S/C19H20N4O2S3/c1-3-16-21-22-18(28-16)20-15(24)5-4-10-23-17(25)14(27-19(23)26)11-13-8-6-12(2)7-9-13/h6-9,11H,3-5,10H2,1-2H3,(H,20,22,24)/b14-11-. The van der Waals surface area contributed by atoms with Crippen molar-refractivity contribution in [2.75, 3.05) is 11.9 Å². The lowest BCUT2D eigenvalue weighted by atomic mass is 10.1. The number of hydrogen-bond donors (Lipinski definition) is 1. The van der Waals surface area contributed by atoms with Gasteiger partial charge in [0.05, 0.1) is 4.91 Å². The Bertz CT molecular complexity index is 922. The summed E-state index contributed by atoms with van der Waals surface area (Å²) in [5.74, 6) is -0.243. The van der Waals surface area contributed by atoms with Crippen molar-refractivity contribution in [2.24, 2.45) is 0 Å². The molecule has 9 heteroatoms. The van der Waals surface area contributed by atoms with E-state index in [1.807, 2.05) is 44.2 Å². The van der Waals surface area contributed by atoms with E-state index < -0.39 is 0 Å². The second kappa shape index (κ2) is 9.40. The van der Waals surface area contributed by atoms with Crippen molar-refractivity contribution >= 4 is 62.7 Å². The fraction of sp³-hybridized carbons (Fsp3) is 0.316. The van der Waals surface area contributed by atoms with Crippen molar-refractivity contribution in [3.63, 3.8) is 0 Å². The van der Waals surface area contributed by atoms with Gasteiger partial charge in [-0.05, 0) is 31.4 Å². The molecule has 28 heavy (non-hydrogen) atoms. The number of thiocarbonyl (C=S) groups is 1. The summed E-state index contributed by atoms with van der Waals surface area (Å²) in [6.07, 6.45) is 3.45. The average molecular weight is 433 g/mol. The Hall–Kier alpha value is -2.10. The number of nitrogens with zero attached hydrogens (tertiary/aromatic N) is 3. The number of benzene rings is 1. The Morgan fingerprint density at radius 1 is 1.29 bits per heavy atom. The molecule has 146 valence electrons. The molecule has 1 N–H and O–H groups in total. The lowest BCUT2D eigenvalue weighted by Gasteiger charge is -2.13. The number of amides is 2. The lowest BCUT2D eigenvalue weighted by Crippen LogP contribution is -2.29. The van der Waals surface area contributed by atoms with E-state index in [2.05, 4.69) is 15.5 Å². The van der Waals surface area contributed by atoms with Gasteiger partial charge in [-0.2, -0.15) is 0 Å². The molecule has 2 aromatic rings. The van der Waals surface area contributed by atoms with Crippen molar-refractivity contribution in [3.8, 4) is 0 Å². The Morgan fingerprint density at radius 3 is 2.71 bits per heavy atom. The van der Waals surface area contributed by atoms with Crippen LogP contribution in [0, 0.1) is 6.92 Å². The van der Waals surface area contributed by atoms with E-state index in [-0.39, 0.29) is 18.2 Å². The first-order chi connectivity index (χ1) is 13.5. The molecule has 0 bridgehead atoms. The highest BCUT2D eigenvalue weighted by atomic mass is 32.2. The summed E-state index contributed by atoms with van der Waals surface area (Å²) in [4.78, 5) is 26.9. The second-order valence-electron chi connectivity index (χ2n) is 6.25. The molecular formula is C19H20N4O2S3. The topological polar surface area (TPSA) is 75.2 Å². The maximum absolute atomic E-state index is 12.6. The molecule has 1 aliphatic heterocycles. The Balaban J connectivity index is 1.51. The third kappa shape index (κ3) is 5.24. The molecule has 0 unspecified atom stereocenters. The summed E-state index contributed by atoms with van der Waals surface area (Å²) in [5, 5.41) is 12.0. The maximum atomic E-state index is 12.6. The number of hydrogen-bond acceptors (Lipinski definition) is 7. The van der Waals surface area contributed by atoms with Gasteiger partial charge in [0, 0.05) is 13.0 Å². The molecule has 0 aliphatic carbocycles. The largest absolute Gasteiger partial charge is 0.301 e. The molecule has 1 aromatic carbocycles. The van der Waals surface area contributed by atoms with Crippen LogP contribution in [0.2, 0.25) is 0 Å². The normalized spacial score (nSPS) is 15.5. The third-order valence-corrected chi connectivity index (χ3v) is 6.41. The zero-order valence-electron chi connectivity index (χ0n) is 15.6. The Kier molecular flexibility index (Phi) is 6.93. The first kappa shape index (κ1) is 20.6. The molecule has 0 radical (unpaired) electrons. The van der Waals surface area contributed by atoms with E-state index in [1.165, 1.54) is 28.7 Å². The van der Waals surface area contributed by atoms with E-state index in [4.69, 9.17) is 12.2 Å². The van der Waals surface area contributed by atoms with Crippen LogP contribution in [0.15, 0.2) is 29.2 Å². The number of aromatic nitrogens is 2. The van der Waals surface area contributed by atoms with Crippen molar-refractivity contribution in [1.29, 1.82) is 0 Å². The number of rotatable bonds is 7. The summed E-state index contributed by atoms with van der Waals surface area (Å²) in [7, 11) is 0. The van der Waals surface area contributed by atoms with Crippen molar-refractivity contribution in [2.45, 2.75) is 33.1 Å². The number of aryl methyl sites for hydroxylation is 2. The Morgan fingerprint density at radius 2 is 2.04 bits per heavy atom. The minimum absolute atomic E-state index is 0.104. The van der Waals surface area contributed by atoms with Crippen molar-refractivity contribution in [1.82, 2.24) is 15.1 Å². The minimum Gasteiger partial charge on any atom is -0.301 e. The van der Waals surface area contributed by atoms with E-state index in [9.17, 15) is 9.59 Å². The number of nitrogens with one attached hydrogen (secondary N) is 1. The molecule has 2 heterocycles. The van der Waals surface area contributed by atoms with Gasteiger partial charge in [-0.3, -0.25) is 14.5 Å². The van der Waals surface area contributed by atoms with Crippen LogP contribution in [-0.4, -0.2) is 37.8 Å². The van der Waals surface area contributed by atoms with Gasteiger partial charge in [0.15, 0.2) is 0 Å². The van der Waals surface area contributed by atoms with Crippen LogP contribution >= 0.6 is 35.3 Å². The highest BCUT2D eigenvalue weighted by Gasteiger charge is 2.31. The fourth-order valence-corrected chi connectivity index (χ4v) is 4.54. The maximum Gasteiger partial charge on any atom is 0.266 e. The molecule has 1 aromatic heterocycles. The predicted molar refractivity (Wildman–Crippen MR) is 118 cm³/mol. The molecule has 1 saturated heterocycles. The van der Waals surface area contributed by atoms with Crippen LogP contribution in [-0.2, 0) is 16.0 Å². The van der Waals surface area contributed by atoms with Crippen LogP contribution in [0.1, 0.15) is 35.9 Å². The van der Waals surface area contributed by atoms with E-state index in [0.29, 0.717) is 27.3 Å². The molecule has 0 spiro atoms. The van der Waals surface area contributed by atoms with Crippen LogP contribution in [0.5, 0.6) is 0 Å². The van der Waals surface area contributed by atoms with Gasteiger partial charge in [-0.15, -0.1) is 10.2 Å². The molecule has 3 rings (SSSR count). The number of carbonyl (C=O) groups excluding carboxylic acids is 2. The van der Waals surface area contributed by atoms with E-state index in [0.717, 1.165) is 17.0 Å². The average Bonchev–Trinajstić information content (AvgIpc) is 3.23. The monoisotopic (exact) mass is 432 g/mol. The van der Waals surface area contributed by atoms with Crippen LogP contribution in [0.4, 0.5) is 5.13 Å². The van der Waals surface area contributed by atoms with Crippen molar-refractivity contribution < 1.29 is 9.59 Å². The van der Waals surface area contributed by atoms with Crippen LogP contribution in [0.3, 0.4) is 0 Å². The lowest BCUT2D eigenvalue weighted by molar-refractivity contribution is -0.122. The van der Waals surface area contributed by atoms with Crippen LogP contribution in [0.25, 0.3) is 6.08 Å². The number of thioether (sulfide) groups is 1. The summed E-state index contributed by atoms with van der Waals surface area (Å²) >= 11 is 8.01. The predicted octanol–water partition coefficient (Wildman–Crippen LogP) is 4.03. The van der Waals surface area contributed by atoms with Gasteiger partial charge in [0.2, 0.25) is 11.0 Å². The van der Waals surface area contributed by atoms with Crippen LogP contribution < -0.4 is 5.32 Å². The summed E-state index contributed by atoms with van der Waals surface area (Å²) in [5.41, 5.74) is 2.14. The molecule has 1 fully saturated rings. The quantitative estimate of drug-likeness (QED) is 0.526. The van der Waals surface area contributed by atoms with Gasteiger partial charge >= 0.3 is 0 Å². The summed E-state index contributed by atoms with van der Waals surface area (Å²) < 4.78 is 0.528. The highest BCUT2D eigenvalue weighted by molar-refractivity contribution is 8.26. The van der Waals surface area contributed by atoms with E-state index >= 15 is 0 Å². The molecule has 2 amide bonds. The minimum atomic E-state index is -0.139. The zero-order chi connectivity index (χ0) is 20.1. The summed E-state index contributed by atoms with van der Waals surface area (Å²) in [6, 6.07) is 7.96. The summed E-state index contributed by atoms with van der Waals surface area (Å²) in [6.45, 7) is 4.43. The smallest absolute Gasteiger partial charge is 0.266 e. The second-order valence-corrected chi connectivity index (χ2v) is 8.99. The highest BCUT2D eigenvalue weighted by Crippen LogP contribution is 2.32. The first-order valence-electron chi connectivity index (χ1n) is 8.90. The molecule has 0 saturated carbocycles. The van der Waals surface area contributed by atoms with Gasteiger partial charge in [0.25, 0.3) is 5.91 Å². The van der Waals surface area contributed by atoms with Gasteiger partial charge < -0.3 is 5.32 Å². The third-order valence-electron chi connectivity index (χ3n) is 4.05. The zero-order valence-corrected chi connectivity index (χ0v) is 18.0. The molecule has 0 atom stereocenters. The van der Waals surface area contributed by atoms with E-state index in [1.54, 1.807) is 4.90 Å². The van der Waals surface area contributed by atoms with Gasteiger partial charge in [-0.25, -0.2) is 0 Å². The first-order valence-corrected chi connectivity index (χ1v) is 10.9. The Labute approximate surface area is 177 Å². The number of anilines is 1. The van der Waals surface area contributed by atoms with Gasteiger partial charge in [-0.1, -0.05) is 72.1 Å². The molecule has 1 aliphatic rings. The molecule has 6 nitrogen and oxygen atoms in total. The fourth-order valence-electron chi connectivity index (χ4n) is 2.53. The number of carbonyl (C=O) groups is 2. The molecular weight excluding hydrogens is 412 g/mol.